The molecule has 7 nitrogen and oxygen atoms in total. The van der Waals surface area contributed by atoms with Crippen molar-refractivity contribution in [1.29, 1.82) is 5.26 Å². The normalized spacial score (nSPS) is 14.9. The van der Waals surface area contributed by atoms with Crippen molar-refractivity contribution >= 4 is 16.7 Å². The highest BCUT2D eigenvalue weighted by Gasteiger charge is 2.22. The average molecular weight is 377 g/mol. The zero-order chi connectivity index (χ0) is 19.3. The highest BCUT2D eigenvalue weighted by atomic mass is 16.5. The second kappa shape index (κ2) is 8.28. The fourth-order valence-electron chi connectivity index (χ4n) is 3.61. The first-order valence-corrected chi connectivity index (χ1v) is 9.49. The van der Waals surface area contributed by atoms with Crippen LogP contribution in [0.25, 0.3) is 10.9 Å². The van der Waals surface area contributed by atoms with Crippen molar-refractivity contribution in [2.75, 3.05) is 31.7 Å². The van der Waals surface area contributed by atoms with Crippen LogP contribution >= 0.6 is 0 Å². The van der Waals surface area contributed by atoms with Crippen LogP contribution < -0.4 is 9.64 Å². The van der Waals surface area contributed by atoms with Gasteiger partial charge in [0.2, 0.25) is 0 Å². The maximum atomic E-state index is 8.84. The molecule has 1 aliphatic heterocycles. The highest BCUT2D eigenvalue weighted by molar-refractivity contribution is 5.86. The number of ether oxygens (including phenoxy) is 2. The summed E-state index contributed by atoms with van der Waals surface area (Å²) < 4.78 is 13.7. The molecule has 0 atom stereocenters. The fraction of sp³-hybridized carbons (Fsp3) is 0.381. The summed E-state index contributed by atoms with van der Waals surface area (Å²) in [5.41, 5.74) is 1.51. The first kappa shape index (κ1) is 18.3. The molecular formula is C21H23N5O2. The molecule has 0 saturated carbocycles. The molecule has 1 fully saturated rings. The summed E-state index contributed by atoms with van der Waals surface area (Å²) in [5.74, 6) is 1.75. The number of benzene rings is 1. The lowest BCUT2D eigenvalue weighted by Crippen LogP contribution is -2.38. The molecule has 0 aliphatic carbocycles. The van der Waals surface area contributed by atoms with Crippen LogP contribution in [-0.4, -0.2) is 47.4 Å². The average Bonchev–Trinajstić information content (AvgIpc) is 3.17. The van der Waals surface area contributed by atoms with E-state index in [9.17, 15) is 0 Å². The molecule has 3 heterocycles. The van der Waals surface area contributed by atoms with Crippen molar-refractivity contribution in [3.05, 3.63) is 48.5 Å². The monoisotopic (exact) mass is 377 g/mol. The Morgan fingerprint density at radius 1 is 1.18 bits per heavy atom. The van der Waals surface area contributed by atoms with Gasteiger partial charge in [0.05, 0.1) is 24.5 Å². The van der Waals surface area contributed by atoms with Gasteiger partial charge in [-0.1, -0.05) is 6.07 Å². The summed E-state index contributed by atoms with van der Waals surface area (Å²) in [6.45, 7) is 3.23. The van der Waals surface area contributed by atoms with E-state index in [0.717, 1.165) is 49.4 Å². The molecule has 0 radical (unpaired) electrons. The van der Waals surface area contributed by atoms with Crippen LogP contribution in [0, 0.1) is 11.3 Å². The van der Waals surface area contributed by atoms with Crippen molar-refractivity contribution in [1.82, 2.24) is 14.5 Å². The Morgan fingerprint density at radius 3 is 2.75 bits per heavy atom. The van der Waals surface area contributed by atoms with E-state index in [1.807, 2.05) is 18.2 Å². The lowest BCUT2D eigenvalue weighted by atomic mass is 10.1. The predicted molar refractivity (Wildman–Crippen MR) is 106 cm³/mol. The van der Waals surface area contributed by atoms with Crippen LogP contribution in [0.4, 0.5) is 5.82 Å². The summed E-state index contributed by atoms with van der Waals surface area (Å²) in [4.78, 5) is 10.6. The van der Waals surface area contributed by atoms with Crippen molar-refractivity contribution in [2.45, 2.75) is 25.5 Å². The van der Waals surface area contributed by atoms with E-state index in [4.69, 9.17) is 14.7 Å². The van der Waals surface area contributed by atoms with Crippen LogP contribution in [0.3, 0.4) is 0 Å². The SMILES string of the molecule is COCCn1ccc2c(OC3CCN(c4cnc(C#N)cn4)CC3)cccc21. The number of anilines is 1. The third-order valence-corrected chi connectivity index (χ3v) is 5.12. The number of nitriles is 1. The topological polar surface area (TPSA) is 76.2 Å². The third kappa shape index (κ3) is 3.78. The van der Waals surface area contributed by atoms with E-state index in [1.165, 1.54) is 11.7 Å². The van der Waals surface area contributed by atoms with E-state index >= 15 is 0 Å². The van der Waals surface area contributed by atoms with Crippen LogP contribution in [-0.2, 0) is 11.3 Å². The summed E-state index contributed by atoms with van der Waals surface area (Å²) in [6.07, 6.45) is 7.29. The Morgan fingerprint density at radius 2 is 2.04 bits per heavy atom. The van der Waals surface area contributed by atoms with E-state index in [-0.39, 0.29) is 6.10 Å². The number of hydrogen-bond donors (Lipinski definition) is 0. The Kier molecular flexibility index (Phi) is 5.40. The molecule has 7 heteroatoms. The Balaban J connectivity index is 1.40. The minimum absolute atomic E-state index is 0.176. The third-order valence-electron chi connectivity index (χ3n) is 5.12. The first-order chi connectivity index (χ1) is 13.8. The van der Waals surface area contributed by atoms with Gasteiger partial charge in [-0.05, 0) is 18.2 Å². The summed E-state index contributed by atoms with van der Waals surface area (Å²) in [5, 5.41) is 9.98. The molecule has 144 valence electrons. The van der Waals surface area contributed by atoms with Crippen LogP contribution in [0.2, 0.25) is 0 Å². The molecule has 4 rings (SSSR count). The Bertz CT molecular complexity index is 969. The van der Waals surface area contributed by atoms with Crippen molar-refractivity contribution < 1.29 is 9.47 Å². The van der Waals surface area contributed by atoms with Gasteiger partial charge < -0.3 is 18.9 Å². The number of methoxy groups -OCH3 is 1. The summed E-state index contributed by atoms with van der Waals surface area (Å²) >= 11 is 0. The molecule has 28 heavy (non-hydrogen) atoms. The molecule has 1 aliphatic rings. The smallest absolute Gasteiger partial charge is 0.158 e. The highest BCUT2D eigenvalue weighted by Crippen LogP contribution is 2.29. The van der Waals surface area contributed by atoms with Gasteiger partial charge in [0.15, 0.2) is 5.69 Å². The molecule has 0 unspecified atom stereocenters. The summed E-state index contributed by atoms with van der Waals surface area (Å²) in [6, 6.07) is 10.3. The lowest BCUT2D eigenvalue weighted by Gasteiger charge is -2.32. The number of rotatable bonds is 6. The van der Waals surface area contributed by atoms with Gasteiger partial charge in [-0.2, -0.15) is 5.26 Å². The molecule has 0 bridgehead atoms. The van der Waals surface area contributed by atoms with Crippen molar-refractivity contribution in [2.24, 2.45) is 0 Å². The first-order valence-electron chi connectivity index (χ1n) is 9.49. The number of nitrogens with zero attached hydrogens (tertiary/aromatic N) is 5. The summed E-state index contributed by atoms with van der Waals surface area (Å²) in [7, 11) is 1.72. The molecule has 1 aromatic carbocycles. The maximum absolute atomic E-state index is 8.84. The minimum Gasteiger partial charge on any atom is -0.490 e. The van der Waals surface area contributed by atoms with Gasteiger partial charge in [0.1, 0.15) is 23.7 Å². The van der Waals surface area contributed by atoms with Gasteiger partial charge in [-0.3, -0.25) is 0 Å². The second-order valence-corrected chi connectivity index (χ2v) is 6.87. The standard InChI is InChI=1S/C21H23N5O2/c1-27-12-11-25-10-7-18-19(25)3-2-4-20(18)28-17-5-8-26(9-6-17)21-15-23-16(13-22)14-24-21/h2-4,7,10,14-15,17H,5-6,8-9,11-12H2,1H3. The van der Waals surface area contributed by atoms with Gasteiger partial charge in [-0.15, -0.1) is 0 Å². The molecule has 0 amide bonds. The largest absolute Gasteiger partial charge is 0.490 e. The number of fused-ring (bicyclic) bond motifs is 1. The van der Waals surface area contributed by atoms with E-state index in [2.05, 4.69) is 37.8 Å². The number of piperidine rings is 1. The van der Waals surface area contributed by atoms with E-state index in [1.54, 1.807) is 13.3 Å². The lowest BCUT2D eigenvalue weighted by molar-refractivity contribution is 0.173. The van der Waals surface area contributed by atoms with Crippen molar-refractivity contribution in [3.8, 4) is 11.8 Å². The maximum Gasteiger partial charge on any atom is 0.158 e. The quantitative estimate of drug-likeness (QED) is 0.657. The second-order valence-electron chi connectivity index (χ2n) is 6.87. The van der Waals surface area contributed by atoms with Gasteiger partial charge >= 0.3 is 0 Å². The van der Waals surface area contributed by atoms with Gasteiger partial charge in [0.25, 0.3) is 0 Å². The van der Waals surface area contributed by atoms with Crippen LogP contribution in [0.5, 0.6) is 5.75 Å². The molecule has 2 aromatic heterocycles. The van der Waals surface area contributed by atoms with Crippen LogP contribution in [0.15, 0.2) is 42.9 Å². The number of hydrogen-bond acceptors (Lipinski definition) is 6. The van der Waals surface area contributed by atoms with Gasteiger partial charge in [0, 0.05) is 51.2 Å². The molecule has 1 saturated heterocycles. The Labute approximate surface area is 164 Å². The zero-order valence-electron chi connectivity index (χ0n) is 15.9. The Hall–Kier alpha value is -3.11. The molecular weight excluding hydrogens is 354 g/mol. The minimum atomic E-state index is 0.176. The predicted octanol–water partition coefficient (Wildman–Crippen LogP) is 3.00. The fourth-order valence-corrected chi connectivity index (χ4v) is 3.61. The van der Waals surface area contributed by atoms with E-state index < -0.39 is 0 Å². The van der Waals surface area contributed by atoms with Crippen LogP contribution in [0.1, 0.15) is 18.5 Å². The molecule has 3 aromatic rings. The van der Waals surface area contributed by atoms with Crippen molar-refractivity contribution in [3.63, 3.8) is 0 Å². The molecule has 0 N–H and O–H groups in total. The molecule has 0 spiro atoms. The number of aromatic nitrogens is 3. The van der Waals surface area contributed by atoms with E-state index in [0.29, 0.717) is 12.3 Å². The van der Waals surface area contributed by atoms with Gasteiger partial charge in [-0.25, -0.2) is 9.97 Å². The zero-order valence-corrected chi connectivity index (χ0v) is 15.9.